The highest BCUT2D eigenvalue weighted by Gasteiger charge is 2.22. The van der Waals surface area contributed by atoms with Crippen LogP contribution in [0.3, 0.4) is 0 Å². The first kappa shape index (κ1) is 15.2. The monoisotopic (exact) mass is 276 g/mol. The molecule has 1 aliphatic heterocycles. The summed E-state index contributed by atoms with van der Waals surface area (Å²) < 4.78 is 0. The van der Waals surface area contributed by atoms with Gasteiger partial charge in [0.15, 0.2) is 5.82 Å². The van der Waals surface area contributed by atoms with Crippen LogP contribution in [-0.2, 0) is 5.41 Å². The summed E-state index contributed by atoms with van der Waals surface area (Å²) in [6.07, 6.45) is 1.08. The van der Waals surface area contributed by atoms with Crippen molar-refractivity contribution in [2.24, 2.45) is 0 Å². The molecule has 0 N–H and O–H groups in total. The SMILES string of the molecule is CCC(C)(C)c1ccc(N2CCN(C(C)C)CC2)nn1. The predicted octanol–water partition coefficient (Wildman–Crippen LogP) is 2.69. The summed E-state index contributed by atoms with van der Waals surface area (Å²) in [6, 6.07) is 4.90. The molecule has 0 unspecified atom stereocenters. The molecule has 0 bridgehead atoms. The molecule has 0 saturated carbocycles. The maximum absolute atomic E-state index is 4.45. The quantitative estimate of drug-likeness (QED) is 0.846. The molecule has 2 rings (SSSR count). The topological polar surface area (TPSA) is 32.3 Å². The van der Waals surface area contributed by atoms with E-state index in [4.69, 9.17) is 0 Å². The van der Waals surface area contributed by atoms with Gasteiger partial charge >= 0.3 is 0 Å². The first-order chi connectivity index (χ1) is 9.44. The Balaban J connectivity index is 2.01. The van der Waals surface area contributed by atoms with Crippen LogP contribution in [0, 0.1) is 0 Å². The van der Waals surface area contributed by atoms with Gasteiger partial charge in [0.05, 0.1) is 5.69 Å². The molecule has 1 aromatic rings. The number of hydrogen-bond acceptors (Lipinski definition) is 4. The first-order valence-electron chi connectivity index (χ1n) is 7.77. The Morgan fingerprint density at radius 2 is 1.75 bits per heavy atom. The minimum atomic E-state index is 0.113. The summed E-state index contributed by atoms with van der Waals surface area (Å²) in [6.45, 7) is 15.5. The highest BCUT2D eigenvalue weighted by atomic mass is 15.3. The van der Waals surface area contributed by atoms with Gasteiger partial charge in [0.1, 0.15) is 0 Å². The number of rotatable bonds is 4. The van der Waals surface area contributed by atoms with Crippen molar-refractivity contribution in [3.05, 3.63) is 17.8 Å². The number of aromatic nitrogens is 2. The van der Waals surface area contributed by atoms with Crippen molar-refractivity contribution in [2.75, 3.05) is 31.1 Å². The highest BCUT2D eigenvalue weighted by Crippen LogP contribution is 2.25. The molecule has 4 nitrogen and oxygen atoms in total. The van der Waals surface area contributed by atoms with Gasteiger partial charge < -0.3 is 4.90 Å². The molecule has 1 saturated heterocycles. The lowest BCUT2D eigenvalue weighted by Crippen LogP contribution is -2.49. The van der Waals surface area contributed by atoms with E-state index in [9.17, 15) is 0 Å². The van der Waals surface area contributed by atoms with Crippen molar-refractivity contribution in [1.82, 2.24) is 15.1 Å². The number of hydrogen-bond donors (Lipinski definition) is 0. The smallest absolute Gasteiger partial charge is 0.151 e. The molecule has 112 valence electrons. The zero-order chi connectivity index (χ0) is 14.8. The van der Waals surface area contributed by atoms with Gasteiger partial charge in [-0.2, -0.15) is 5.10 Å². The van der Waals surface area contributed by atoms with E-state index in [0.717, 1.165) is 44.1 Å². The van der Waals surface area contributed by atoms with Gasteiger partial charge in [0.25, 0.3) is 0 Å². The maximum atomic E-state index is 4.45. The minimum absolute atomic E-state index is 0.113. The predicted molar refractivity (Wildman–Crippen MR) is 84.3 cm³/mol. The van der Waals surface area contributed by atoms with Crippen molar-refractivity contribution < 1.29 is 0 Å². The second-order valence-corrected chi connectivity index (χ2v) is 6.63. The Morgan fingerprint density at radius 3 is 2.20 bits per heavy atom. The molecule has 1 fully saturated rings. The number of nitrogens with zero attached hydrogens (tertiary/aromatic N) is 4. The third kappa shape index (κ3) is 3.29. The van der Waals surface area contributed by atoms with Gasteiger partial charge in [-0.05, 0) is 32.4 Å². The molecular formula is C16H28N4. The van der Waals surface area contributed by atoms with Crippen molar-refractivity contribution in [2.45, 2.75) is 52.5 Å². The molecule has 0 spiro atoms. The second-order valence-electron chi connectivity index (χ2n) is 6.63. The van der Waals surface area contributed by atoms with E-state index in [1.54, 1.807) is 0 Å². The fourth-order valence-corrected chi connectivity index (χ4v) is 2.50. The molecular weight excluding hydrogens is 248 g/mol. The summed E-state index contributed by atoms with van der Waals surface area (Å²) >= 11 is 0. The summed E-state index contributed by atoms with van der Waals surface area (Å²) in [5, 5.41) is 8.89. The molecule has 0 amide bonds. The van der Waals surface area contributed by atoms with E-state index in [-0.39, 0.29) is 5.41 Å². The normalized spacial score (nSPS) is 17.8. The molecule has 0 aromatic carbocycles. The summed E-state index contributed by atoms with van der Waals surface area (Å²) in [7, 11) is 0. The fraction of sp³-hybridized carbons (Fsp3) is 0.750. The molecule has 0 atom stereocenters. The molecule has 0 radical (unpaired) electrons. The molecule has 0 aliphatic carbocycles. The van der Waals surface area contributed by atoms with Crippen molar-refractivity contribution in [3.8, 4) is 0 Å². The van der Waals surface area contributed by atoms with Gasteiger partial charge in [-0.25, -0.2) is 0 Å². The van der Waals surface area contributed by atoms with Crippen LogP contribution in [0.25, 0.3) is 0 Å². The van der Waals surface area contributed by atoms with Gasteiger partial charge in [-0.3, -0.25) is 4.90 Å². The van der Waals surface area contributed by atoms with E-state index >= 15 is 0 Å². The van der Waals surface area contributed by atoms with Crippen LogP contribution in [0.5, 0.6) is 0 Å². The minimum Gasteiger partial charge on any atom is -0.353 e. The lowest BCUT2D eigenvalue weighted by Gasteiger charge is -2.37. The Kier molecular flexibility index (Phi) is 4.63. The average molecular weight is 276 g/mol. The van der Waals surface area contributed by atoms with Gasteiger partial charge in [-0.1, -0.05) is 20.8 Å². The van der Waals surface area contributed by atoms with Crippen LogP contribution >= 0.6 is 0 Å². The third-order valence-electron chi connectivity index (χ3n) is 4.60. The summed E-state index contributed by atoms with van der Waals surface area (Å²) in [5.74, 6) is 1.02. The number of piperazine rings is 1. The molecule has 4 heteroatoms. The fourth-order valence-electron chi connectivity index (χ4n) is 2.50. The standard InChI is InChI=1S/C16H28N4/c1-6-16(4,5)14-7-8-15(18-17-14)20-11-9-19(10-12-20)13(2)3/h7-8,13H,6,9-12H2,1-5H3. The Hall–Kier alpha value is -1.16. The van der Waals surface area contributed by atoms with Gasteiger partial charge in [0, 0.05) is 37.6 Å². The van der Waals surface area contributed by atoms with Crippen LogP contribution in [0.1, 0.15) is 46.7 Å². The van der Waals surface area contributed by atoms with E-state index in [0.29, 0.717) is 6.04 Å². The summed E-state index contributed by atoms with van der Waals surface area (Å²) in [4.78, 5) is 4.85. The molecule has 20 heavy (non-hydrogen) atoms. The second kappa shape index (κ2) is 6.08. The van der Waals surface area contributed by atoms with E-state index in [2.05, 4.69) is 66.7 Å². The van der Waals surface area contributed by atoms with Crippen LogP contribution < -0.4 is 4.90 Å². The van der Waals surface area contributed by atoms with Crippen LogP contribution in [0.2, 0.25) is 0 Å². The molecule has 1 aromatic heterocycles. The Morgan fingerprint density at radius 1 is 1.10 bits per heavy atom. The molecule has 1 aliphatic rings. The average Bonchev–Trinajstić information content (AvgIpc) is 2.47. The highest BCUT2D eigenvalue weighted by molar-refractivity contribution is 5.38. The third-order valence-corrected chi connectivity index (χ3v) is 4.60. The number of anilines is 1. The van der Waals surface area contributed by atoms with Gasteiger partial charge in [0.2, 0.25) is 0 Å². The first-order valence-corrected chi connectivity index (χ1v) is 7.77. The Labute approximate surface area is 123 Å². The van der Waals surface area contributed by atoms with Crippen LogP contribution in [-0.4, -0.2) is 47.3 Å². The van der Waals surface area contributed by atoms with E-state index < -0.39 is 0 Å². The van der Waals surface area contributed by atoms with E-state index in [1.807, 2.05) is 0 Å². The van der Waals surface area contributed by atoms with Crippen molar-refractivity contribution >= 4 is 5.82 Å². The van der Waals surface area contributed by atoms with Crippen LogP contribution in [0.15, 0.2) is 12.1 Å². The van der Waals surface area contributed by atoms with E-state index in [1.165, 1.54) is 0 Å². The lowest BCUT2D eigenvalue weighted by atomic mass is 9.86. The summed E-state index contributed by atoms with van der Waals surface area (Å²) in [5.41, 5.74) is 1.20. The van der Waals surface area contributed by atoms with Crippen molar-refractivity contribution in [3.63, 3.8) is 0 Å². The Bertz CT molecular complexity index is 417. The van der Waals surface area contributed by atoms with Crippen LogP contribution in [0.4, 0.5) is 5.82 Å². The largest absolute Gasteiger partial charge is 0.353 e. The van der Waals surface area contributed by atoms with Gasteiger partial charge in [-0.15, -0.1) is 5.10 Å². The zero-order valence-corrected chi connectivity index (χ0v) is 13.6. The molecule has 2 heterocycles. The zero-order valence-electron chi connectivity index (χ0n) is 13.6. The lowest BCUT2D eigenvalue weighted by molar-refractivity contribution is 0.209. The van der Waals surface area contributed by atoms with Crippen molar-refractivity contribution in [1.29, 1.82) is 0 Å². The maximum Gasteiger partial charge on any atom is 0.151 e.